The Balaban J connectivity index is 2.21. The average molecular weight is 362 g/mol. The van der Waals surface area contributed by atoms with Crippen molar-refractivity contribution in [2.75, 3.05) is 0 Å². The van der Waals surface area contributed by atoms with Gasteiger partial charge in [-0.2, -0.15) is 0 Å². The van der Waals surface area contributed by atoms with Gasteiger partial charge in [-0.25, -0.2) is 4.79 Å². The van der Waals surface area contributed by atoms with Crippen LogP contribution in [0.1, 0.15) is 18.1 Å². The zero-order valence-electron chi connectivity index (χ0n) is 11.6. The van der Waals surface area contributed by atoms with Crippen molar-refractivity contribution in [1.29, 1.82) is 0 Å². The van der Waals surface area contributed by atoms with E-state index in [0.717, 1.165) is 20.3 Å². The molecule has 0 aliphatic carbocycles. The summed E-state index contributed by atoms with van der Waals surface area (Å²) in [6.07, 6.45) is 3.15. The number of aromatic amines is 1. The van der Waals surface area contributed by atoms with Gasteiger partial charge in [-0.05, 0) is 31.2 Å². The third-order valence-electron chi connectivity index (χ3n) is 3.44. The van der Waals surface area contributed by atoms with Crippen molar-refractivity contribution in [1.82, 2.24) is 9.55 Å². The molecule has 2 heterocycles. The summed E-state index contributed by atoms with van der Waals surface area (Å²) in [6.45, 7) is 1.97. The largest absolute Gasteiger partial charge is 0.494 e. The van der Waals surface area contributed by atoms with Crippen LogP contribution < -0.4 is 11.2 Å². The molecule has 0 saturated heterocycles. The van der Waals surface area contributed by atoms with Crippen LogP contribution in [0, 0.1) is 0 Å². The number of fused-ring (bicyclic) bond motifs is 1. The van der Waals surface area contributed by atoms with E-state index in [2.05, 4.69) is 25.9 Å². The minimum absolute atomic E-state index is 0.0377. The summed E-state index contributed by atoms with van der Waals surface area (Å²) in [4.78, 5) is 30.0. The molecule has 1 aromatic heterocycles. The minimum atomic E-state index is -0.629. The van der Waals surface area contributed by atoms with Gasteiger partial charge in [0.2, 0.25) is 5.88 Å². The van der Waals surface area contributed by atoms with Crippen LogP contribution in [0.15, 0.2) is 37.3 Å². The number of rotatable bonds is 2. The Kier molecular flexibility index (Phi) is 3.58. The maximum Gasteiger partial charge on any atom is 0.331 e. The number of aromatic hydroxyl groups is 1. The smallest absolute Gasteiger partial charge is 0.331 e. The molecule has 1 aliphatic rings. The van der Waals surface area contributed by atoms with Crippen LogP contribution in [0.2, 0.25) is 0 Å². The third-order valence-corrected chi connectivity index (χ3v) is 3.93. The van der Waals surface area contributed by atoms with Crippen LogP contribution in [0.3, 0.4) is 0 Å². The van der Waals surface area contributed by atoms with Gasteiger partial charge in [-0.15, -0.1) is 0 Å². The number of aliphatic imine (C=N–C) groups is 1. The fourth-order valence-electron chi connectivity index (χ4n) is 2.33. The number of allylic oxidation sites excluding steroid dienone is 1. The molecule has 3 rings (SSSR count). The number of nitrogens with zero attached hydrogens (tertiary/aromatic N) is 2. The van der Waals surface area contributed by atoms with Gasteiger partial charge in [0.05, 0.1) is 5.69 Å². The number of halogens is 1. The molecule has 2 aromatic rings. The molecule has 0 atom stereocenters. The van der Waals surface area contributed by atoms with Crippen LogP contribution >= 0.6 is 15.9 Å². The Labute approximate surface area is 133 Å². The lowest BCUT2D eigenvalue weighted by Gasteiger charge is -2.07. The molecule has 0 bridgehead atoms. The molecule has 0 amide bonds. The van der Waals surface area contributed by atoms with E-state index in [9.17, 15) is 14.7 Å². The highest BCUT2D eigenvalue weighted by molar-refractivity contribution is 9.10. The van der Waals surface area contributed by atoms with Crippen molar-refractivity contribution >= 4 is 39.5 Å². The Hall–Kier alpha value is -2.41. The molecule has 112 valence electrons. The number of nitrogens with one attached hydrogen (secondary N) is 1. The minimum Gasteiger partial charge on any atom is -0.494 e. The van der Waals surface area contributed by atoms with Crippen LogP contribution in [0.5, 0.6) is 5.88 Å². The zero-order chi connectivity index (χ0) is 15.9. The molecular formula is C15H12BrN3O3. The maximum absolute atomic E-state index is 12.0. The lowest BCUT2D eigenvalue weighted by molar-refractivity contribution is 0.404. The normalized spacial score (nSPS) is 14.5. The maximum atomic E-state index is 12.0. The molecule has 1 aliphatic heterocycles. The summed E-state index contributed by atoms with van der Waals surface area (Å²) in [7, 11) is 0. The van der Waals surface area contributed by atoms with E-state index in [1.807, 2.05) is 18.2 Å². The highest BCUT2D eigenvalue weighted by Crippen LogP contribution is 2.34. The average Bonchev–Trinajstić information content (AvgIpc) is 2.86. The van der Waals surface area contributed by atoms with E-state index < -0.39 is 11.2 Å². The van der Waals surface area contributed by atoms with Crippen LogP contribution in [-0.2, 0) is 6.54 Å². The lowest BCUT2D eigenvalue weighted by Crippen LogP contribution is -2.30. The molecule has 7 heteroatoms. The van der Waals surface area contributed by atoms with E-state index in [-0.39, 0.29) is 18.0 Å². The topological polar surface area (TPSA) is 87.4 Å². The number of aromatic nitrogens is 2. The van der Waals surface area contributed by atoms with Crippen LogP contribution in [-0.4, -0.2) is 20.9 Å². The first-order valence-electron chi connectivity index (χ1n) is 6.63. The first-order chi connectivity index (χ1) is 10.5. The first-order valence-corrected chi connectivity index (χ1v) is 7.42. The predicted molar refractivity (Wildman–Crippen MR) is 88.8 cm³/mol. The van der Waals surface area contributed by atoms with E-state index in [1.165, 1.54) is 6.08 Å². The monoisotopic (exact) mass is 361 g/mol. The van der Waals surface area contributed by atoms with Crippen LogP contribution in [0.4, 0.5) is 5.69 Å². The molecule has 0 spiro atoms. The van der Waals surface area contributed by atoms with Crippen molar-refractivity contribution in [3.8, 4) is 5.88 Å². The number of hydrogen-bond acceptors (Lipinski definition) is 4. The molecule has 0 fully saturated rings. The SMILES string of the molecule is CCn1c(O)c(C=C2C=Nc3ccc(Br)cc32)c(=O)[nH]c1=O. The van der Waals surface area contributed by atoms with Crippen LogP contribution in [0.25, 0.3) is 11.6 Å². The van der Waals surface area contributed by atoms with Crippen molar-refractivity contribution < 1.29 is 5.11 Å². The predicted octanol–water partition coefficient (Wildman–Crippen LogP) is 2.28. The molecule has 2 N–H and O–H groups in total. The number of H-pyrrole nitrogens is 1. The van der Waals surface area contributed by atoms with E-state index in [0.29, 0.717) is 5.57 Å². The quantitative estimate of drug-likeness (QED) is 0.859. The highest BCUT2D eigenvalue weighted by atomic mass is 79.9. The van der Waals surface area contributed by atoms with Gasteiger partial charge in [0.1, 0.15) is 5.56 Å². The van der Waals surface area contributed by atoms with Gasteiger partial charge < -0.3 is 5.11 Å². The Morgan fingerprint density at radius 3 is 2.91 bits per heavy atom. The summed E-state index contributed by atoms with van der Waals surface area (Å²) in [5, 5.41) is 10.2. The highest BCUT2D eigenvalue weighted by Gasteiger charge is 2.16. The molecular weight excluding hydrogens is 350 g/mol. The van der Waals surface area contributed by atoms with Crippen molar-refractivity contribution in [3.05, 3.63) is 54.6 Å². The summed E-state index contributed by atoms with van der Waals surface area (Å²) >= 11 is 3.39. The zero-order valence-corrected chi connectivity index (χ0v) is 13.2. The van der Waals surface area contributed by atoms with Crippen molar-refractivity contribution in [2.24, 2.45) is 4.99 Å². The van der Waals surface area contributed by atoms with E-state index in [4.69, 9.17) is 0 Å². The second-order valence-corrected chi connectivity index (χ2v) is 5.68. The van der Waals surface area contributed by atoms with E-state index in [1.54, 1.807) is 13.1 Å². The first kappa shape index (κ1) is 14.5. The molecule has 6 nitrogen and oxygen atoms in total. The van der Waals surface area contributed by atoms with Gasteiger partial charge in [0.15, 0.2) is 0 Å². The standard InChI is InChI=1S/C15H12BrN3O3/c1-2-19-14(21)11(13(20)18-15(19)22)5-8-7-17-12-4-3-9(16)6-10(8)12/h3-7,21H,2H2,1H3,(H,18,20,22). The Bertz CT molecular complexity index is 938. The van der Waals surface area contributed by atoms with Gasteiger partial charge in [0, 0.05) is 28.4 Å². The Morgan fingerprint density at radius 2 is 2.18 bits per heavy atom. The van der Waals surface area contributed by atoms with Crippen molar-refractivity contribution in [2.45, 2.75) is 13.5 Å². The molecule has 22 heavy (non-hydrogen) atoms. The second kappa shape index (κ2) is 5.42. The molecule has 0 unspecified atom stereocenters. The van der Waals surface area contributed by atoms with E-state index >= 15 is 0 Å². The fourth-order valence-corrected chi connectivity index (χ4v) is 2.69. The summed E-state index contributed by atoms with van der Waals surface area (Å²) in [5.41, 5.74) is 1.11. The Morgan fingerprint density at radius 1 is 1.41 bits per heavy atom. The number of hydrogen-bond donors (Lipinski definition) is 2. The molecule has 0 saturated carbocycles. The number of benzene rings is 1. The second-order valence-electron chi connectivity index (χ2n) is 4.76. The molecule has 0 radical (unpaired) electrons. The summed E-state index contributed by atoms with van der Waals surface area (Å²) in [6, 6.07) is 5.61. The third kappa shape index (κ3) is 2.33. The lowest BCUT2D eigenvalue weighted by atomic mass is 10.1. The van der Waals surface area contributed by atoms with Crippen molar-refractivity contribution in [3.63, 3.8) is 0 Å². The fraction of sp³-hybridized carbons (Fsp3) is 0.133. The van der Waals surface area contributed by atoms with Gasteiger partial charge >= 0.3 is 5.69 Å². The van der Waals surface area contributed by atoms with Gasteiger partial charge in [-0.3, -0.25) is 19.3 Å². The summed E-state index contributed by atoms with van der Waals surface area (Å²) < 4.78 is 1.99. The van der Waals surface area contributed by atoms with Gasteiger partial charge in [-0.1, -0.05) is 15.9 Å². The summed E-state index contributed by atoms with van der Waals surface area (Å²) in [5.74, 6) is -0.347. The van der Waals surface area contributed by atoms with Gasteiger partial charge in [0.25, 0.3) is 5.56 Å². The molecule has 1 aromatic carbocycles.